The van der Waals surface area contributed by atoms with Crippen molar-refractivity contribution in [2.45, 2.75) is 19.4 Å². The predicted molar refractivity (Wildman–Crippen MR) is 116 cm³/mol. The molecule has 1 aliphatic rings. The van der Waals surface area contributed by atoms with E-state index in [4.69, 9.17) is 0 Å². The van der Waals surface area contributed by atoms with E-state index in [-0.39, 0.29) is 11.8 Å². The summed E-state index contributed by atoms with van der Waals surface area (Å²) in [5.74, 6) is -0.240. The maximum Gasteiger partial charge on any atom is 0.236 e. The van der Waals surface area contributed by atoms with Crippen LogP contribution >= 0.6 is 0 Å². The topological polar surface area (TPSA) is 83.8 Å². The number of rotatable bonds is 6. The van der Waals surface area contributed by atoms with Crippen molar-refractivity contribution in [2.24, 2.45) is 5.92 Å². The highest BCUT2D eigenvalue weighted by molar-refractivity contribution is 7.92. The van der Waals surface area contributed by atoms with Gasteiger partial charge in [-0.3, -0.25) is 4.79 Å². The van der Waals surface area contributed by atoms with E-state index in [1.807, 2.05) is 65.3 Å². The van der Waals surface area contributed by atoms with Crippen molar-refractivity contribution in [1.29, 1.82) is 0 Å². The molecule has 1 aromatic carbocycles. The number of piperidine rings is 1. The first-order chi connectivity index (χ1) is 14.5. The summed E-state index contributed by atoms with van der Waals surface area (Å²) in [5.41, 5.74) is 2.46. The number of nitrogens with one attached hydrogen (secondary N) is 1. The second-order valence-electron chi connectivity index (χ2n) is 7.35. The molecule has 3 aromatic rings. The van der Waals surface area contributed by atoms with Gasteiger partial charge in [0.1, 0.15) is 5.65 Å². The smallest absolute Gasteiger partial charge is 0.236 e. The highest BCUT2D eigenvalue weighted by Crippen LogP contribution is 2.21. The number of imidazole rings is 1. The van der Waals surface area contributed by atoms with E-state index in [9.17, 15) is 13.2 Å². The molecule has 1 amide bonds. The molecule has 3 heterocycles. The number of hydrogen-bond donors (Lipinski definition) is 1. The molecule has 1 saturated heterocycles. The number of aromatic nitrogens is 2. The number of amides is 1. The molecule has 0 unspecified atom stereocenters. The summed E-state index contributed by atoms with van der Waals surface area (Å²) in [5, 5.41) is 4.18. The van der Waals surface area contributed by atoms with Crippen molar-refractivity contribution in [3.63, 3.8) is 0 Å². The lowest BCUT2D eigenvalue weighted by Gasteiger charge is -2.29. The van der Waals surface area contributed by atoms with Gasteiger partial charge in [0.15, 0.2) is 0 Å². The summed E-state index contributed by atoms with van der Waals surface area (Å²) in [7, 11) is -3.49. The number of nitrogens with zero attached hydrogens (tertiary/aromatic N) is 3. The van der Waals surface area contributed by atoms with Crippen LogP contribution in [0.4, 0.5) is 0 Å². The number of carbonyl (C=O) groups excluding carboxylic acids is 1. The van der Waals surface area contributed by atoms with E-state index in [1.54, 1.807) is 6.08 Å². The summed E-state index contributed by atoms with van der Waals surface area (Å²) in [6.45, 7) is 1.04. The standard InChI is InChI=1S/C22H24N4O3S/c27-22(23-16-20-17-25-12-5-4-8-21(25)24-20)19-9-13-26(14-10-19)30(28,29)15-11-18-6-2-1-3-7-18/h1-8,11-12,15,17,19H,9-10,13-14,16H2,(H,23,27)/b15-11+. The van der Waals surface area contributed by atoms with Gasteiger partial charge in [0.05, 0.1) is 12.2 Å². The van der Waals surface area contributed by atoms with Crippen molar-refractivity contribution in [1.82, 2.24) is 19.0 Å². The minimum absolute atomic E-state index is 0.0519. The molecule has 0 spiro atoms. The minimum atomic E-state index is -3.49. The van der Waals surface area contributed by atoms with E-state index < -0.39 is 10.0 Å². The molecule has 2 aromatic heterocycles. The van der Waals surface area contributed by atoms with Crippen molar-refractivity contribution in [3.8, 4) is 0 Å². The van der Waals surface area contributed by atoms with Gasteiger partial charge in [0.2, 0.25) is 15.9 Å². The Morgan fingerprint density at radius 3 is 2.57 bits per heavy atom. The van der Waals surface area contributed by atoms with Gasteiger partial charge in [-0.05, 0) is 36.6 Å². The molecule has 0 radical (unpaired) electrons. The maximum absolute atomic E-state index is 12.6. The SMILES string of the molecule is O=C(NCc1cn2ccccc2n1)C1CCN(S(=O)(=O)/C=C/c2ccccc2)CC1. The van der Waals surface area contributed by atoms with Gasteiger partial charge < -0.3 is 9.72 Å². The van der Waals surface area contributed by atoms with E-state index in [2.05, 4.69) is 10.3 Å². The molecule has 156 valence electrons. The van der Waals surface area contributed by atoms with Crippen molar-refractivity contribution in [3.05, 3.63) is 77.6 Å². The highest BCUT2D eigenvalue weighted by Gasteiger charge is 2.29. The zero-order chi connectivity index (χ0) is 21.0. The fourth-order valence-electron chi connectivity index (χ4n) is 3.58. The van der Waals surface area contributed by atoms with Crippen molar-refractivity contribution >= 4 is 27.7 Å². The highest BCUT2D eigenvalue weighted by atomic mass is 32.2. The normalized spacial score (nSPS) is 16.3. The molecule has 8 heteroatoms. The Kier molecular flexibility index (Phi) is 5.96. The third kappa shape index (κ3) is 4.77. The molecule has 1 fully saturated rings. The summed E-state index contributed by atoms with van der Waals surface area (Å²) in [6.07, 6.45) is 6.42. The average Bonchev–Trinajstić information content (AvgIpc) is 3.20. The zero-order valence-corrected chi connectivity index (χ0v) is 17.3. The van der Waals surface area contributed by atoms with Gasteiger partial charge in [0.25, 0.3) is 0 Å². The number of benzene rings is 1. The first kappa shape index (κ1) is 20.3. The fourth-order valence-corrected chi connectivity index (χ4v) is 4.80. The first-order valence-corrected chi connectivity index (χ1v) is 11.5. The Hall–Kier alpha value is -2.97. The van der Waals surface area contributed by atoms with Crippen LogP contribution in [0.1, 0.15) is 24.1 Å². The number of carbonyl (C=O) groups is 1. The molecule has 7 nitrogen and oxygen atoms in total. The lowest BCUT2D eigenvalue weighted by atomic mass is 9.97. The van der Waals surface area contributed by atoms with Crippen LogP contribution in [0.25, 0.3) is 11.7 Å². The lowest BCUT2D eigenvalue weighted by molar-refractivity contribution is -0.126. The second kappa shape index (κ2) is 8.81. The Bertz CT molecular complexity index is 1110. The first-order valence-electron chi connectivity index (χ1n) is 9.95. The number of fused-ring (bicyclic) bond motifs is 1. The van der Waals surface area contributed by atoms with Crippen molar-refractivity contribution < 1.29 is 13.2 Å². The Labute approximate surface area is 176 Å². The van der Waals surface area contributed by atoms with Gasteiger partial charge in [-0.1, -0.05) is 36.4 Å². The summed E-state index contributed by atoms with van der Waals surface area (Å²) >= 11 is 0. The van der Waals surface area contributed by atoms with Crippen LogP contribution < -0.4 is 5.32 Å². The quantitative estimate of drug-likeness (QED) is 0.659. The van der Waals surface area contributed by atoms with Gasteiger partial charge in [-0.15, -0.1) is 0 Å². The van der Waals surface area contributed by atoms with E-state index >= 15 is 0 Å². The predicted octanol–water partition coefficient (Wildman–Crippen LogP) is 2.66. The Balaban J connectivity index is 1.29. The molecule has 0 saturated carbocycles. The second-order valence-corrected chi connectivity index (χ2v) is 9.17. The Morgan fingerprint density at radius 1 is 1.10 bits per heavy atom. The molecule has 1 N–H and O–H groups in total. The number of sulfonamides is 1. The summed E-state index contributed by atoms with van der Waals surface area (Å²) in [6, 6.07) is 15.1. The van der Waals surface area contributed by atoms with Gasteiger partial charge >= 0.3 is 0 Å². The number of hydrogen-bond acceptors (Lipinski definition) is 4. The van der Waals surface area contributed by atoms with Crippen LogP contribution in [0.5, 0.6) is 0 Å². The lowest BCUT2D eigenvalue weighted by Crippen LogP contribution is -2.42. The molecule has 30 heavy (non-hydrogen) atoms. The summed E-state index contributed by atoms with van der Waals surface area (Å²) < 4.78 is 28.5. The molecule has 4 rings (SSSR count). The largest absolute Gasteiger partial charge is 0.350 e. The van der Waals surface area contributed by atoms with Crippen LogP contribution in [0, 0.1) is 5.92 Å². The van der Waals surface area contributed by atoms with Gasteiger partial charge in [-0.2, -0.15) is 4.31 Å². The fraction of sp³-hybridized carbons (Fsp3) is 0.273. The molecule has 0 bridgehead atoms. The third-order valence-electron chi connectivity index (χ3n) is 5.27. The van der Waals surface area contributed by atoms with Crippen LogP contribution in [0.2, 0.25) is 0 Å². The molecular weight excluding hydrogens is 400 g/mol. The number of pyridine rings is 1. The monoisotopic (exact) mass is 424 g/mol. The van der Waals surface area contributed by atoms with E-state index in [1.165, 1.54) is 9.71 Å². The van der Waals surface area contributed by atoms with Crippen LogP contribution in [-0.4, -0.2) is 41.1 Å². The van der Waals surface area contributed by atoms with E-state index in [0.29, 0.717) is 32.5 Å². The Morgan fingerprint density at radius 2 is 1.83 bits per heavy atom. The zero-order valence-electron chi connectivity index (χ0n) is 16.5. The minimum Gasteiger partial charge on any atom is -0.350 e. The average molecular weight is 425 g/mol. The van der Waals surface area contributed by atoms with Crippen LogP contribution in [0.3, 0.4) is 0 Å². The van der Waals surface area contributed by atoms with Crippen molar-refractivity contribution in [2.75, 3.05) is 13.1 Å². The molecule has 0 aliphatic carbocycles. The molecule has 0 atom stereocenters. The third-order valence-corrected chi connectivity index (χ3v) is 6.84. The van der Waals surface area contributed by atoms with E-state index in [0.717, 1.165) is 16.9 Å². The maximum atomic E-state index is 12.6. The van der Waals surface area contributed by atoms with Crippen LogP contribution in [-0.2, 0) is 21.4 Å². The summed E-state index contributed by atoms with van der Waals surface area (Å²) in [4.78, 5) is 17.0. The van der Waals surface area contributed by atoms with Gasteiger partial charge in [-0.25, -0.2) is 13.4 Å². The molecule has 1 aliphatic heterocycles. The van der Waals surface area contributed by atoms with Gasteiger partial charge in [0, 0.05) is 36.8 Å². The molecular formula is C22H24N4O3S. The van der Waals surface area contributed by atoms with Crippen LogP contribution in [0.15, 0.2) is 66.3 Å².